The van der Waals surface area contributed by atoms with Crippen LogP contribution in [0.5, 0.6) is 0 Å². The maximum Gasteiger partial charge on any atom is 0.312 e. The van der Waals surface area contributed by atoms with Crippen molar-refractivity contribution >= 4 is 11.8 Å². The predicted molar refractivity (Wildman–Crippen MR) is 70.7 cm³/mol. The van der Waals surface area contributed by atoms with Gasteiger partial charge in [-0.15, -0.1) is 0 Å². The molecule has 0 spiro atoms. The first kappa shape index (κ1) is 14.3. The molecule has 108 valence electrons. The summed E-state index contributed by atoms with van der Waals surface area (Å²) in [5.41, 5.74) is 0. The highest BCUT2D eigenvalue weighted by molar-refractivity contribution is 6.34. The maximum atomic E-state index is 12.2. The zero-order valence-electron chi connectivity index (χ0n) is 11.6. The van der Waals surface area contributed by atoms with Gasteiger partial charge in [-0.3, -0.25) is 9.59 Å². The van der Waals surface area contributed by atoms with Crippen molar-refractivity contribution in [3.05, 3.63) is 0 Å². The van der Waals surface area contributed by atoms with Crippen molar-refractivity contribution in [2.45, 2.75) is 25.9 Å². The fourth-order valence-corrected chi connectivity index (χ4v) is 2.53. The molecule has 0 saturated carbocycles. The summed E-state index contributed by atoms with van der Waals surface area (Å²) in [6.07, 6.45) is 2.12. The monoisotopic (exact) mass is 269 g/mol. The summed E-state index contributed by atoms with van der Waals surface area (Å²) in [5, 5.41) is 3.17. The number of carbonyl (C=O) groups is 2. The Kier molecular flexibility index (Phi) is 5.15. The number of hydrogen-bond donors (Lipinski definition) is 1. The molecule has 0 aromatic heterocycles. The molecule has 0 aliphatic carbocycles. The minimum atomic E-state index is -0.389. The molecule has 6 heteroatoms. The number of ether oxygens (including phenoxy) is 1. The average Bonchev–Trinajstić information content (AvgIpc) is 2.97. The Morgan fingerprint density at radius 2 is 2.11 bits per heavy atom. The fraction of sp³-hybridized carbons (Fsp3) is 0.846. The first-order valence-electron chi connectivity index (χ1n) is 7.13. The van der Waals surface area contributed by atoms with Crippen molar-refractivity contribution in [2.24, 2.45) is 0 Å². The molecule has 19 heavy (non-hydrogen) atoms. The molecule has 2 aliphatic heterocycles. The molecule has 0 radical (unpaired) electrons. The zero-order chi connectivity index (χ0) is 13.7. The van der Waals surface area contributed by atoms with Crippen LogP contribution in [0.4, 0.5) is 0 Å². The van der Waals surface area contributed by atoms with Gasteiger partial charge in [0.2, 0.25) is 0 Å². The van der Waals surface area contributed by atoms with E-state index in [-0.39, 0.29) is 17.9 Å². The molecular weight excluding hydrogens is 246 g/mol. The number of carbonyl (C=O) groups excluding carboxylic acids is 2. The Labute approximate surface area is 114 Å². The van der Waals surface area contributed by atoms with E-state index in [1.54, 1.807) is 9.80 Å². The fourth-order valence-electron chi connectivity index (χ4n) is 2.53. The van der Waals surface area contributed by atoms with Crippen molar-refractivity contribution in [1.82, 2.24) is 15.1 Å². The van der Waals surface area contributed by atoms with Gasteiger partial charge in [0.15, 0.2) is 0 Å². The first-order chi connectivity index (χ1) is 9.22. The van der Waals surface area contributed by atoms with Gasteiger partial charge >= 0.3 is 11.8 Å². The second kappa shape index (κ2) is 6.86. The van der Waals surface area contributed by atoms with Crippen LogP contribution in [0.15, 0.2) is 0 Å². The second-order valence-electron chi connectivity index (χ2n) is 5.02. The van der Waals surface area contributed by atoms with Crippen LogP contribution >= 0.6 is 0 Å². The molecule has 2 fully saturated rings. The van der Waals surface area contributed by atoms with E-state index in [2.05, 4.69) is 5.32 Å². The molecule has 6 nitrogen and oxygen atoms in total. The van der Waals surface area contributed by atoms with Gasteiger partial charge in [-0.05, 0) is 19.8 Å². The standard InChI is InChI=1S/C13H23N3O3/c1-2-15(10-11-4-3-9-19-11)12(17)13(18)16-7-5-14-6-8-16/h11,14H,2-10H2,1H3. The van der Waals surface area contributed by atoms with Gasteiger partial charge < -0.3 is 19.9 Å². The van der Waals surface area contributed by atoms with Crippen LogP contribution in [0.1, 0.15) is 19.8 Å². The van der Waals surface area contributed by atoms with Crippen molar-refractivity contribution < 1.29 is 14.3 Å². The van der Waals surface area contributed by atoms with Crippen LogP contribution < -0.4 is 5.32 Å². The number of rotatable bonds is 3. The van der Waals surface area contributed by atoms with Gasteiger partial charge in [0.05, 0.1) is 6.10 Å². The number of amides is 2. The van der Waals surface area contributed by atoms with Gasteiger partial charge in [-0.1, -0.05) is 0 Å². The molecule has 1 atom stereocenters. The van der Waals surface area contributed by atoms with Gasteiger partial charge in [0, 0.05) is 45.9 Å². The second-order valence-corrected chi connectivity index (χ2v) is 5.02. The topological polar surface area (TPSA) is 61.9 Å². The Morgan fingerprint density at radius 1 is 1.37 bits per heavy atom. The summed E-state index contributed by atoms with van der Waals surface area (Å²) < 4.78 is 5.53. The lowest BCUT2D eigenvalue weighted by molar-refractivity contribution is -0.152. The summed E-state index contributed by atoms with van der Waals surface area (Å²) in [5.74, 6) is -0.763. The molecule has 0 aromatic rings. The van der Waals surface area contributed by atoms with Crippen molar-refractivity contribution in [2.75, 3.05) is 45.9 Å². The molecule has 2 heterocycles. The Balaban J connectivity index is 1.88. The molecule has 2 rings (SSSR count). The highest BCUT2D eigenvalue weighted by Gasteiger charge is 2.29. The number of piperazine rings is 1. The molecule has 0 aromatic carbocycles. The van der Waals surface area contributed by atoms with E-state index >= 15 is 0 Å². The van der Waals surface area contributed by atoms with E-state index in [1.165, 1.54) is 0 Å². The van der Waals surface area contributed by atoms with Gasteiger partial charge in [-0.25, -0.2) is 0 Å². The SMILES string of the molecule is CCN(CC1CCCO1)C(=O)C(=O)N1CCNCC1. The van der Waals surface area contributed by atoms with Gasteiger partial charge in [0.25, 0.3) is 0 Å². The van der Waals surface area contributed by atoms with Crippen LogP contribution in [0, 0.1) is 0 Å². The van der Waals surface area contributed by atoms with Crippen molar-refractivity contribution in [1.29, 1.82) is 0 Å². The normalized spacial score (nSPS) is 23.4. The van der Waals surface area contributed by atoms with Crippen LogP contribution in [0.2, 0.25) is 0 Å². The quantitative estimate of drug-likeness (QED) is 0.698. The van der Waals surface area contributed by atoms with Crippen molar-refractivity contribution in [3.63, 3.8) is 0 Å². The minimum Gasteiger partial charge on any atom is -0.376 e. The largest absolute Gasteiger partial charge is 0.376 e. The summed E-state index contributed by atoms with van der Waals surface area (Å²) >= 11 is 0. The number of hydrogen-bond acceptors (Lipinski definition) is 4. The molecule has 2 amide bonds. The third kappa shape index (κ3) is 3.67. The van der Waals surface area contributed by atoms with Crippen LogP contribution in [0.3, 0.4) is 0 Å². The van der Waals surface area contributed by atoms with E-state index in [9.17, 15) is 9.59 Å². The Hall–Kier alpha value is -1.14. The lowest BCUT2D eigenvalue weighted by Crippen LogP contribution is -2.53. The highest BCUT2D eigenvalue weighted by Crippen LogP contribution is 2.13. The Morgan fingerprint density at radius 3 is 2.68 bits per heavy atom. The average molecular weight is 269 g/mol. The summed E-state index contributed by atoms with van der Waals surface area (Å²) in [6.45, 7) is 6.50. The number of nitrogens with zero attached hydrogens (tertiary/aromatic N) is 2. The molecule has 1 N–H and O–H groups in total. The minimum absolute atomic E-state index is 0.0970. The van der Waals surface area contributed by atoms with E-state index in [1.807, 2.05) is 6.92 Å². The number of nitrogens with one attached hydrogen (secondary N) is 1. The van der Waals surface area contributed by atoms with Crippen LogP contribution in [-0.2, 0) is 14.3 Å². The molecular formula is C13H23N3O3. The lowest BCUT2D eigenvalue weighted by atomic mass is 10.2. The highest BCUT2D eigenvalue weighted by atomic mass is 16.5. The van der Waals surface area contributed by atoms with Crippen molar-refractivity contribution in [3.8, 4) is 0 Å². The summed E-state index contributed by atoms with van der Waals surface area (Å²) in [7, 11) is 0. The maximum absolute atomic E-state index is 12.2. The summed E-state index contributed by atoms with van der Waals surface area (Å²) in [6, 6.07) is 0. The molecule has 1 unspecified atom stereocenters. The number of likely N-dealkylation sites (N-methyl/N-ethyl adjacent to an activating group) is 1. The van der Waals surface area contributed by atoms with Gasteiger partial charge in [-0.2, -0.15) is 0 Å². The van der Waals surface area contributed by atoms with Crippen LogP contribution in [0.25, 0.3) is 0 Å². The lowest BCUT2D eigenvalue weighted by Gasteiger charge is -2.30. The molecule has 0 bridgehead atoms. The van der Waals surface area contributed by atoms with E-state index in [0.717, 1.165) is 32.5 Å². The Bertz CT molecular complexity index is 323. The first-order valence-corrected chi connectivity index (χ1v) is 7.13. The molecule has 2 aliphatic rings. The third-order valence-corrected chi connectivity index (χ3v) is 3.70. The predicted octanol–water partition coefficient (Wildman–Crippen LogP) is -0.554. The van der Waals surface area contributed by atoms with E-state index in [0.29, 0.717) is 26.2 Å². The van der Waals surface area contributed by atoms with Gasteiger partial charge in [0.1, 0.15) is 0 Å². The zero-order valence-corrected chi connectivity index (χ0v) is 11.6. The summed E-state index contributed by atoms with van der Waals surface area (Å²) in [4.78, 5) is 27.6. The van der Waals surface area contributed by atoms with Crippen LogP contribution in [-0.4, -0.2) is 73.6 Å². The molecule has 2 saturated heterocycles. The van der Waals surface area contributed by atoms with E-state index < -0.39 is 0 Å². The van der Waals surface area contributed by atoms with E-state index in [4.69, 9.17) is 4.74 Å². The smallest absolute Gasteiger partial charge is 0.312 e. The third-order valence-electron chi connectivity index (χ3n) is 3.70.